The summed E-state index contributed by atoms with van der Waals surface area (Å²) in [5.74, 6) is -0.414. The molecule has 0 bridgehead atoms. The Labute approximate surface area is 314 Å². The zero-order valence-corrected chi connectivity index (χ0v) is 32.9. The topological polar surface area (TPSA) is 178 Å². The van der Waals surface area contributed by atoms with E-state index in [1.807, 2.05) is 0 Å². The number of unbranched alkanes of at least 4 members (excludes halogenated alkanes) is 17. The van der Waals surface area contributed by atoms with Gasteiger partial charge in [0.1, 0.15) is 30.5 Å². The zero-order chi connectivity index (χ0) is 38.3. The van der Waals surface area contributed by atoms with Crippen LogP contribution in [0.15, 0.2) is 24.3 Å². The van der Waals surface area contributed by atoms with Crippen molar-refractivity contribution >= 4 is 16.4 Å². The summed E-state index contributed by atoms with van der Waals surface area (Å²) in [6, 6.07) is 0. The predicted octanol–water partition coefficient (Wildman–Crippen LogP) is 7.29. The van der Waals surface area contributed by atoms with Gasteiger partial charge in [-0.15, -0.1) is 0 Å². The third kappa shape index (κ3) is 25.6. The van der Waals surface area contributed by atoms with Gasteiger partial charge in [-0.1, -0.05) is 128 Å². The lowest BCUT2D eigenvalue weighted by Gasteiger charge is -2.41. The maximum absolute atomic E-state index is 12.8. The fraction of sp³-hybridized carbons (Fsp3) is 0.872. The molecule has 0 radical (unpaired) electrons. The van der Waals surface area contributed by atoms with Crippen molar-refractivity contribution in [2.24, 2.45) is 0 Å². The van der Waals surface area contributed by atoms with Crippen molar-refractivity contribution in [2.45, 2.75) is 192 Å². The van der Waals surface area contributed by atoms with Gasteiger partial charge < -0.3 is 34.3 Å². The fourth-order valence-electron chi connectivity index (χ4n) is 6.00. The van der Waals surface area contributed by atoms with Crippen molar-refractivity contribution < 1.29 is 56.2 Å². The quantitative estimate of drug-likeness (QED) is 0.0223. The van der Waals surface area contributed by atoms with E-state index in [-0.39, 0.29) is 19.6 Å². The van der Waals surface area contributed by atoms with Crippen LogP contribution in [0.4, 0.5) is 0 Å². The van der Waals surface area contributed by atoms with E-state index in [0.717, 1.165) is 57.8 Å². The Morgan fingerprint density at radius 1 is 0.731 bits per heavy atom. The van der Waals surface area contributed by atoms with E-state index in [1.54, 1.807) is 0 Å². The second kappa shape index (κ2) is 31.9. The molecule has 6 atom stereocenters. The molecule has 0 aromatic heterocycles. The molecule has 1 fully saturated rings. The summed E-state index contributed by atoms with van der Waals surface area (Å²) in [4.78, 5) is 12.8. The van der Waals surface area contributed by atoms with Gasteiger partial charge in [-0.25, -0.2) is 4.18 Å². The monoisotopic (exact) mass is 764 g/mol. The van der Waals surface area contributed by atoms with E-state index in [9.17, 15) is 28.5 Å². The Morgan fingerprint density at radius 3 is 1.85 bits per heavy atom. The minimum Gasteiger partial charge on any atom is -0.457 e. The molecule has 0 amide bonds. The molecule has 13 heteroatoms. The molecule has 1 heterocycles. The minimum absolute atomic E-state index is 0.0326. The molecule has 6 unspecified atom stereocenters. The lowest BCUT2D eigenvalue weighted by Crippen LogP contribution is -2.60. The van der Waals surface area contributed by atoms with Gasteiger partial charge in [-0.05, 0) is 44.9 Å². The average molecular weight is 765 g/mol. The summed E-state index contributed by atoms with van der Waals surface area (Å²) in [6.45, 7) is 3.92. The number of carbonyl (C=O) groups excluding carboxylic acids is 1. The summed E-state index contributed by atoms with van der Waals surface area (Å²) in [7, 11) is -5.05. The summed E-state index contributed by atoms with van der Waals surface area (Å²) in [5.41, 5.74) is 0. The van der Waals surface area contributed by atoms with Crippen molar-refractivity contribution in [1.29, 1.82) is 0 Å². The molecular formula is C39H72O12S. The Balaban J connectivity index is 2.48. The highest BCUT2D eigenvalue weighted by Crippen LogP contribution is 2.26. The number of ether oxygens (including phenoxy) is 4. The number of aliphatic hydroxyl groups is 3. The molecule has 0 spiro atoms. The van der Waals surface area contributed by atoms with Crippen LogP contribution in [0.25, 0.3) is 0 Å². The number of hydrogen-bond donors (Lipinski definition) is 4. The standard InChI is InChI=1S/C39H72O12S/c1-3-5-7-9-11-13-14-15-16-17-18-19-20-22-24-26-28-35(41)49-33(31-47-29-27-25-23-21-12-10-8-6-4-2)32-48-39-37(43)38(51-52(44,45)46)36(42)34(30-40)50-39/h13-14,16-17,33-34,36-40,42-43H,3-12,15,18-32H2,1-2H3,(H,44,45,46)/b14-13-,17-16-. The van der Waals surface area contributed by atoms with Crippen LogP contribution in [-0.2, 0) is 38.3 Å². The Kier molecular flexibility index (Phi) is 29.8. The summed E-state index contributed by atoms with van der Waals surface area (Å²) >= 11 is 0. The molecule has 12 nitrogen and oxygen atoms in total. The third-order valence-electron chi connectivity index (χ3n) is 9.08. The highest BCUT2D eigenvalue weighted by Gasteiger charge is 2.48. The molecule has 1 aliphatic rings. The Morgan fingerprint density at radius 2 is 1.27 bits per heavy atom. The average Bonchev–Trinajstić information content (AvgIpc) is 3.11. The third-order valence-corrected chi connectivity index (χ3v) is 9.54. The maximum atomic E-state index is 12.8. The van der Waals surface area contributed by atoms with E-state index in [2.05, 4.69) is 42.3 Å². The summed E-state index contributed by atoms with van der Waals surface area (Å²) < 4.78 is 58.7. The van der Waals surface area contributed by atoms with Crippen LogP contribution in [0.2, 0.25) is 0 Å². The van der Waals surface area contributed by atoms with Crippen LogP contribution in [0.1, 0.15) is 155 Å². The lowest BCUT2D eigenvalue weighted by molar-refractivity contribution is -0.301. The molecule has 1 saturated heterocycles. The van der Waals surface area contributed by atoms with Crippen molar-refractivity contribution in [1.82, 2.24) is 0 Å². The van der Waals surface area contributed by atoms with E-state index >= 15 is 0 Å². The Bertz CT molecular complexity index is 1020. The summed E-state index contributed by atoms with van der Waals surface area (Å²) in [5, 5.41) is 30.5. The molecule has 0 aromatic rings. The van der Waals surface area contributed by atoms with Crippen molar-refractivity contribution in [3.63, 3.8) is 0 Å². The maximum Gasteiger partial charge on any atom is 0.397 e. The lowest BCUT2D eigenvalue weighted by atomic mass is 9.99. The van der Waals surface area contributed by atoms with E-state index < -0.39 is 59.8 Å². The molecule has 1 rings (SSSR count). The van der Waals surface area contributed by atoms with Crippen LogP contribution < -0.4 is 0 Å². The van der Waals surface area contributed by atoms with Crippen molar-refractivity contribution in [3.8, 4) is 0 Å². The molecule has 52 heavy (non-hydrogen) atoms. The zero-order valence-electron chi connectivity index (χ0n) is 32.1. The first-order chi connectivity index (χ1) is 25.1. The van der Waals surface area contributed by atoms with Gasteiger partial charge in [0.15, 0.2) is 6.29 Å². The Hall–Kier alpha value is -1.42. The normalized spacial score (nSPS) is 21.7. The SMILES string of the molecule is CCCCCC/C=C\C/C=C\CCCCCCCC(=O)OC(COCCCCCCCCCCC)COC1OC(CO)C(O)C(OS(=O)(=O)O)C1O. The van der Waals surface area contributed by atoms with Crippen molar-refractivity contribution in [3.05, 3.63) is 24.3 Å². The first-order valence-corrected chi connectivity index (χ1v) is 21.5. The number of rotatable bonds is 34. The van der Waals surface area contributed by atoms with Gasteiger partial charge >= 0.3 is 16.4 Å². The van der Waals surface area contributed by atoms with E-state index in [4.69, 9.17) is 23.5 Å². The molecule has 0 aliphatic carbocycles. The number of allylic oxidation sites excluding steroid dienone is 4. The summed E-state index contributed by atoms with van der Waals surface area (Å²) in [6.07, 6.45) is 23.6. The highest BCUT2D eigenvalue weighted by atomic mass is 32.3. The van der Waals surface area contributed by atoms with E-state index in [1.165, 1.54) is 70.6 Å². The smallest absolute Gasteiger partial charge is 0.397 e. The minimum atomic E-state index is -5.05. The number of aliphatic hydroxyl groups excluding tert-OH is 3. The highest BCUT2D eigenvalue weighted by molar-refractivity contribution is 7.80. The number of hydrogen-bond acceptors (Lipinski definition) is 11. The van der Waals surface area contributed by atoms with Gasteiger partial charge in [0.2, 0.25) is 0 Å². The molecule has 4 N–H and O–H groups in total. The molecule has 1 aliphatic heterocycles. The van der Waals surface area contributed by atoms with Crippen LogP contribution in [-0.4, -0.2) is 97.5 Å². The van der Waals surface area contributed by atoms with Crippen LogP contribution in [0, 0.1) is 0 Å². The molecular weight excluding hydrogens is 692 g/mol. The largest absolute Gasteiger partial charge is 0.457 e. The second-order valence-corrected chi connectivity index (χ2v) is 14.9. The molecule has 0 aromatic carbocycles. The first-order valence-electron chi connectivity index (χ1n) is 20.1. The predicted molar refractivity (Wildman–Crippen MR) is 202 cm³/mol. The van der Waals surface area contributed by atoms with Gasteiger partial charge in [-0.2, -0.15) is 8.42 Å². The second-order valence-electron chi connectivity index (χ2n) is 13.9. The van der Waals surface area contributed by atoms with Crippen LogP contribution in [0.3, 0.4) is 0 Å². The number of esters is 1. The van der Waals surface area contributed by atoms with Gasteiger partial charge in [0.25, 0.3) is 0 Å². The molecule has 306 valence electrons. The van der Waals surface area contributed by atoms with Gasteiger partial charge in [0.05, 0.1) is 19.8 Å². The van der Waals surface area contributed by atoms with E-state index in [0.29, 0.717) is 13.0 Å². The van der Waals surface area contributed by atoms with Crippen molar-refractivity contribution in [2.75, 3.05) is 26.4 Å². The van der Waals surface area contributed by atoms with Gasteiger partial charge in [-0.3, -0.25) is 9.35 Å². The van der Waals surface area contributed by atoms with Crippen LogP contribution >= 0.6 is 0 Å². The van der Waals surface area contributed by atoms with Crippen LogP contribution in [0.5, 0.6) is 0 Å². The number of carbonyl (C=O) groups is 1. The first kappa shape index (κ1) is 48.6. The molecule has 0 saturated carbocycles. The van der Waals surface area contributed by atoms with Gasteiger partial charge in [0, 0.05) is 13.0 Å². The fourth-order valence-corrected chi connectivity index (χ4v) is 6.50.